The van der Waals surface area contributed by atoms with Crippen molar-refractivity contribution < 1.29 is 19.4 Å². The summed E-state index contributed by atoms with van der Waals surface area (Å²) in [6.07, 6.45) is 3.91. The van der Waals surface area contributed by atoms with Crippen LogP contribution in [0.2, 0.25) is 0 Å². The molecule has 0 fully saturated rings. The van der Waals surface area contributed by atoms with Crippen LogP contribution >= 0.6 is 0 Å². The number of anilines is 1. The maximum Gasteiger partial charge on any atom is 0.303 e. The molecule has 0 atom stereocenters. The van der Waals surface area contributed by atoms with Gasteiger partial charge in [-0.3, -0.25) is 9.59 Å². The fourth-order valence-corrected chi connectivity index (χ4v) is 2.45. The second-order valence-electron chi connectivity index (χ2n) is 6.12. The molecule has 26 heavy (non-hydrogen) atoms. The zero-order valence-electron chi connectivity index (χ0n) is 15.0. The highest BCUT2D eigenvalue weighted by Crippen LogP contribution is 2.16. The van der Waals surface area contributed by atoms with E-state index in [1.165, 1.54) is 5.56 Å². The van der Waals surface area contributed by atoms with Crippen LogP contribution in [-0.4, -0.2) is 23.6 Å². The summed E-state index contributed by atoms with van der Waals surface area (Å²) in [6, 6.07) is 14.7. The van der Waals surface area contributed by atoms with Crippen LogP contribution in [-0.2, 0) is 11.2 Å². The van der Waals surface area contributed by atoms with Gasteiger partial charge in [0.25, 0.3) is 5.91 Å². The molecule has 5 nitrogen and oxygen atoms in total. The first kappa shape index (κ1) is 19.5. The molecule has 0 spiro atoms. The van der Waals surface area contributed by atoms with E-state index < -0.39 is 5.97 Å². The van der Waals surface area contributed by atoms with Gasteiger partial charge in [-0.25, -0.2) is 0 Å². The molecule has 138 valence electrons. The van der Waals surface area contributed by atoms with Crippen molar-refractivity contribution in [2.75, 3.05) is 11.9 Å². The van der Waals surface area contributed by atoms with Crippen molar-refractivity contribution in [3.8, 4) is 5.75 Å². The highest BCUT2D eigenvalue weighted by Gasteiger charge is 2.07. The largest absolute Gasteiger partial charge is 0.494 e. The van der Waals surface area contributed by atoms with E-state index in [9.17, 15) is 9.59 Å². The molecule has 2 rings (SSSR count). The monoisotopic (exact) mass is 355 g/mol. The lowest BCUT2D eigenvalue weighted by atomic mass is 10.1. The molecule has 2 N–H and O–H groups in total. The van der Waals surface area contributed by atoms with Gasteiger partial charge in [-0.15, -0.1) is 0 Å². The van der Waals surface area contributed by atoms with Gasteiger partial charge in [0.15, 0.2) is 0 Å². The van der Waals surface area contributed by atoms with Crippen LogP contribution in [0.5, 0.6) is 5.75 Å². The third-order valence-electron chi connectivity index (χ3n) is 3.95. The van der Waals surface area contributed by atoms with E-state index in [1.54, 1.807) is 24.3 Å². The van der Waals surface area contributed by atoms with Gasteiger partial charge in [0, 0.05) is 17.7 Å². The van der Waals surface area contributed by atoms with E-state index >= 15 is 0 Å². The summed E-state index contributed by atoms with van der Waals surface area (Å²) in [6.45, 7) is 2.50. The maximum absolute atomic E-state index is 12.3. The van der Waals surface area contributed by atoms with Crippen molar-refractivity contribution in [2.45, 2.75) is 39.0 Å². The Kier molecular flexibility index (Phi) is 7.68. The fraction of sp³-hybridized carbons (Fsp3) is 0.333. The van der Waals surface area contributed by atoms with Crippen molar-refractivity contribution in [1.82, 2.24) is 0 Å². The number of ether oxygens (including phenoxy) is 1. The van der Waals surface area contributed by atoms with Crippen molar-refractivity contribution >= 4 is 17.6 Å². The molecular weight excluding hydrogens is 330 g/mol. The van der Waals surface area contributed by atoms with Crippen LogP contribution < -0.4 is 10.1 Å². The number of carbonyl (C=O) groups is 2. The minimum Gasteiger partial charge on any atom is -0.494 e. The summed E-state index contributed by atoms with van der Waals surface area (Å²) in [5.74, 6) is -0.394. The van der Waals surface area contributed by atoms with Crippen molar-refractivity contribution in [3.05, 3.63) is 59.7 Å². The number of amides is 1. The molecule has 0 saturated heterocycles. The topological polar surface area (TPSA) is 75.6 Å². The second-order valence-corrected chi connectivity index (χ2v) is 6.12. The van der Waals surface area contributed by atoms with Crippen molar-refractivity contribution in [1.29, 1.82) is 0 Å². The second kappa shape index (κ2) is 10.2. The number of carboxylic acids is 1. The number of nitrogens with one attached hydrogen (secondary N) is 1. The van der Waals surface area contributed by atoms with Gasteiger partial charge in [-0.2, -0.15) is 0 Å². The highest BCUT2D eigenvalue weighted by atomic mass is 16.5. The lowest BCUT2D eigenvalue weighted by Gasteiger charge is -2.08. The minimum atomic E-state index is -0.834. The number of aliphatic carboxylic acids is 1. The zero-order valence-corrected chi connectivity index (χ0v) is 15.0. The van der Waals surface area contributed by atoms with Crippen LogP contribution in [0.1, 0.15) is 48.5 Å². The molecule has 2 aromatic carbocycles. The summed E-state index contributed by atoms with van der Waals surface area (Å²) in [5.41, 5.74) is 2.58. The summed E-state index contributed by atoms with van der Waals surface area (Å²) >= 11 is 0. The van der Waals surface area contributed by atoms with Gasteiger partial charge in [-0.1, -0.05) is 25.5 Å². The Morgan fingerprint density at radius 3 is 2.31 bits per heavy atom. The number of unbranched alkanes of at least 4 members (excludes halogenated alkanes) is 1. The van der Waals surface area contributed by atoms with E-state index in [1.807, 2.05) is 24.3 Å². The molecule has 0 heterocycles. The molecule has 0 aliphatic carbocycles. The lowest BCUT2D eigenvalue weighted by Crippen LogP contribution is -2.11. The molecule has 2 aromatic rings. The summed E-state index contributed by atoms with van der Waals surface area (Å²) in [5, 5.41) is 11.5. The first-order valence-corrected chi connectivity index (χ1v) is 8.93. The molecule has 0 bridgehead atoms. The fourth-order valence-electron chi connectivity index (χ4n) is 2.45. The summed E-state index contributed by atoms with van der Waals surface area (Å²) in [4.78, 5) is 22.7. The zero-order chi connectivity index (χ0) is 18.8. The van der Waals surface area contributed by atoms with Gasteiger partial charge in [0.05, 0.1) is 6.61 Å². The van der Waals surface area contributed by atoms with Crippen molar-refractivity contribution in [2.24, 2.45) is 0 Å². The van der Waals surface area contributed by atoms with Gasteiger partial charge < -0.3 is 15.2 Å². The normalized spacial score (nSPS) is 10.3. The number of benzene rings is 2. The number of aryl methyl sites for hydroxylation is 1. The summed E-state index contributed by atoms with van der Waals surface area (Å²) < 4.78 is 5.46. The molecule has 0 unspecified atom stereocenters. The van der Waals surface area contributed by atoms with Crippen LogP contribution in [0, 0.1) is 0 Å². The predicted molar refractivity (Wildman–Crippen MR) is 102 cm³/mol. The Labute approximate surface area is 154 Å². The Hall–Kier alpha value is -2.82. The smallest absolute Gasteiger partial charge is 0.303 e. The number of carboxylic acid groups (broad SMARTS) is 1. The third-order valence-corrected chi connectivity index (χ3v) is 3.95. The van der Waals surface area contributed by atoms with Gasteiger partial charge in [0.2, 0.25) is 0 Å². The van der Waals surface area contributed by atoms with Gasteiger partial charge in [-0.05, 0) is 61.2 Å². The summed E-state index contributed by atoms with van der Waals surface area (Å²) in [7, 11) is 0. The number of carbonyl (C=O) groups excluding carboxylic acids is 1. The molecule has 0 aliphatic rings. The minimum absolute atomic E-state index is 0.0811. The molecule has 0 radical (unpaired) electrons. The molecule has 0 saturated carbocycles. The third kappa shape index (κ3) is 6.59. The Bertz CT molecular complexity index is 708. The molecule has 5 heteroatoms. The van der Waals surface area contributed by atoms with E-state index in [0.717, 1.165) is 24.9 Å². The molecular formula is C21H25NO4. The number of rotatable bonds is 10. The van der Waals surface area contributed by atoms with Gasteiger partial charge >= 0.3 is 5.97 Å². The maximum atomic E-state index is 12.3. The Morgan fingerprint density at radius 2 is 1.69 bits per heavy atom. The number of hydrogen-bond donors (Lipinski definition) is 2. The lowest BCUT2D eigenvalue weighted by molar-refractivity contribution is -0.137. The van der Waals surface area contributed by atoms with Crippen molar-refractivity contribution in [3.63, 3.8) is 0 Å². The predicted octanol–water partition coefficient (Wildman–Crippen LogP) is 4.53. The molecule has 0 aromatic heterocycles. The average molecular weight is 355 g/mol. The SMILES string of the molecule is CCCCc1ccc(NC(=O)c2ccc(OCCCC(=O)O)cc2)cc1. The first-order chi connectivity index (χ1) is 12.6. The van der Waals surface area contributed by atoms with Crippen LogP contribution in [0.25, 0.3) is 0 Å². The molecule has 1 amide bonds. The Morgan fingerprint density at radius 1 is 1.00 bits per heavy atom. The van der Waals surface area contributed by atoms with E-state index in [-0.39, 0.29) is 12.3 Å². The van der Waals surface area contributed by atoms with Crippen LogP contribution in [0.3, 0.4) is 0 Å². The molecule has 0 aliphatic heterocycles. The standard InChI is InChI=1S/C21H25NO4/c1-2-3-5-16-7-11-18(12-8-16)22-21(25)17-9-13-19(14-10-17)26-15-4-6-20(23)24/h7-14H,2-6,15H2,1H3,(H,22,25)(H,23,24). The Balaban J connectivity index is 1.84. The quantitative estimate of drug-likeness (QED) is 0.614. The average Bonchev–Trinajstić information content (AvgIpc) is 2.65. The first-order valence-electron chi connectivity index (χ1n) is 8.93. The van der Waals surface area contributed by atoms with E-state index in [0.29, 0.717) is 24.3 Å². The van der Waals surface area contributed by atoms with E-state index in [2.05, 4.69) is 12.2 Å². The van der Waals surface area contributed by atoms with Crippen LogP contribution in [0.15, 0.2) is 48.5 Å². The highest BCUT2D eigenvalue weighted by molar-refractivity contribution is 6.04. The number of hydrogen-bond acceptors (Lipinski definition) is 3. The van der Waals surface area contributed by atoms with Gasteiger partial charge in [0.1, 0.15) is 5.75 Å². The van der Waals surface area contributed by atoms with Crippen LogP contribution in [0.4, 0.5) is 5.69 Å². The van der Waals surface area contributed by atoms with E-state index in [4.69, 9.17) is 9.84 Å².